The van der Waals surface area contributed by atoms with E-state index in [4.69, 9.17) is 0 Å². The molecule has 0 fully saturated rings. The molecular formula is C19H21N5O2S. The lowest BCUT2D eigenvalue weighted by atomic mass is 10.2. The molecule has 0 aliphatic rings. The number of non-ortho nitro benzene ring substituents is 1. The number of likely N-dealkylation sites (N-methyl/N-ethyl adjacent to an activating group) is 1. The third kappa shape index (κ3) is 4.66. The van der Waals surface area contributed by atoms with E-state index >= 15 is 0 Å². The number of anilines is 1. The summed E-state index contributed by atoms with van der Waals surface area (Å²) in [6, 6.07) is 12.6. The predicted molar refractivity (Wildman–Crippen MR) is 108 cm³/mol. The monoisotopic (exact) mass is 383 g/mol. The largest absolute Gasteiger partial charge is 0.368 e. The third-order valence-electron chi connectivity index (χ3n) is 4.14. The van der Waals surface area contributed by atoms with Gasteiger partial charge in [0.15, 0.2) is 5.82 Å². The second kappa shape index (κ2) is 8.24. The van der Waals surface area contributed by atoms with Gasteiger partial charge in [0.25, 0.3) is 5.69 Å². The minimum atomic E-state index is -0.416. The predicted octanol–water partition coefficient (Wildman–Crippen LogP) is 4.14. The van der Waals surface area contributed by atoms with Crippen molar-refractivity contribution in [2.75, 3.05) is 26.0 Å². The van der Waals surface area contributed by atoms with Gasteiger partial charge in [-0.1, -0.05) is 18.2 Å². The van der Waals surface area contributed by atoms with E-state index in [1.807, 2.05) is 33.2 Å². The Kier molecular flexibility index (Phi) is 5.78. The van der Waals surface area contributed by atoms with Crippen LogP contribution in [0.3, 0.4) is 0 Å². The summed E-state index contributed by atoms with van der Waals surface area (Å²) >= 11 is 1.72. The van der Waals surface area contributed by atoms with Crippen LogP contribution in [0, 0.1) is 17.0 Å². The normalized spacial score (nSPS) is 12.1. The molecule has 27 heavy (non-hydrogen) atoms. The Bertz CT molecular complexity index is 928. The highest BCUT2D eigenvalue weighted by Crippen LogP contribution is 2.25. The molecule has 0 aliphatic carbocycles. The van der Waals surface area contributed by atoms with Crippen LogP contribution >= 0.6 is 11.3 Å². The van der Waals surface area contributed by atoms with Crippen molar-refractivity contribution in [1.82, 2.24) is 14.9 Å². The summed E-state index contributed by atoms with van der Waals surface area (Å²) < 4.78 is 0. The Morgan fingerprint density at radius 2 is 2.04 bits per heavy atom. The van der Waals surface area contributed by atoms with Crippen molar-refractivity contribution >= 4 is 22.8 Å². The van der Waals surface area contributed by atoms with Crippen LogP contribution in [0.4, 0.5) is 11.5 Å². The molecule has 0 aliphatic heterocycles. The molecule has 3 rings (SSSR count). The van der Waals surface area contributed by atoms with Crippen molar-refractivity contribution in [2.45, 2.75) is 13.0 Å². The van der Waals surface area contributed by atoms with Crippen molar-refractivity contribution in [2.24, 2.45) is 0 Å². The highest BCUT2D eigenvalue weighted by Gasteiger charge is 2.16. The maximum atomic E-state index is 11.0. The first kappa shape index (κ1) is 18.9. The van der Waals surface area contributed by atoms with Crippen LogP contribution in [0.25, 0.3) is 11.4 Å². The van der Waals surface area contributed by atoms with Crippen LogP contribution in [0.15, 0.2) is 47.8 Å². The van der Waals surface area contributed by atoms with Gasteiger partial charge in [-0.05, 0) is 32.5 Å². The summed E-state index contributed by atoms with van der Waals surface area (Å²) in [5.41, 5.74) is 1.45. The van der Waals surface area contributed by atoms with Crippen molar-refractivity contribution < 1.29 is 4.92 Å². The molecule has 0 amide bonds. The first-order chi connectivity index (χ1) is 12.9. The molecule has 1 aromatic carbocycles. The maximum Gasteiger partial charge on any atom is 0.270 e. The molecule has 0 unspecified atom stereocenters. The number of hydrogen-bond donors (Lipinski definition) is 1. The van der Waals surface area contributed by atoms with Gasteiger partial charge in [0, 0.05) is 40.9 Å². The van der Waals surface area contributed by atoms with E-state index < -0.39 is 4.92 Å². The first-order valence-corrected chi connectivity index (χ1v) is 9.36. The number of nitro benzene ring substituents is 1. The number of rotatable bonds is 7. The number of aryl methyl sites for hydroxylation is 1. The van der Waals surface area contributed by atoms with Crippen LogP contribution in [-0.4, -0.2) is 40.4 Å². The molecule has 3 aromatic rings. The topological polar surface area (TPSA) is 84.2 Å². The molecule has 8 heteroatoms. The van der Waals surface area contributed by atoms with E-state index in [0.717, 1.165) is 5.69 Å². The van der Waals surface area contributed by atoms with Crippen LogP contribution in [0.2, 0.25) is 0 Å². The van der Waals surface area contributed by atoms with Gasteiger partial charge in [-0.15, -0.1) is 11.3 Å². The molecule has 0 saturated heterocycles. The summed E-state index contributed by atoms with van der Waals surface area (Å²) in [4.78, 5) is 23.0. The Morgan fingerprint density at radius 1 is 1.22 bits per heavy atom. The van der Waals surface area contributed by atoms with Gasteiger partial charge in [0.05, 0.1) is 11.0 Å². The van der Waals surface area contributed by atoms with Gasteiger partial charge in [0.2, 0.25) is 0 Å². The summed E-state index contributed by atoms with van der Waals surface area (Å²) in [5.74, 6) is 1.17. The number of nitro groups is 1. The molecule has 0 spiro atoms. The van der Waals surface area contributed by atoms with Gasteiger partial charge in [-0.25, -0.2) is 9.97 Å². The number of aromatic nitrogens is 2. The highest BCUT2D eigenvalue weighted by molar-refractivity contribution is 7.10. The standard InChI is InChI=1S/C19H21N5O2S/c1-13-10-18(20-12-16(23(2)3)17-8-5-9-27-17)22-19(21-13)14-6-4-7-15(11-14)24(25)26/h4-11,16H,12H2,1-3H3,(H,20,21,22)/t16-/m1/s1. The molecule has 140 valence electrons. The van der Waals surface area contributed by atoms with Crippen molar-refractivity contribution in [3.05, 3.63) is 68.5 Å². The molecular weight excluding hydrogens is 362 g/mol. The lowest BCUT2D eigenvalue weighted by molar-refractivity contribution is -0.384. The zero-order valence-corrected chi connectivity index (χ0v) is 16.2. The molecule has 0 bridgehead atoms. The molecule has 0 radical (unpaired) electrons. The molecule has 7 nitrogen and oxygen atoms in total. The fourth-order valence-corrected chi connectivity index (χ4v) is 3.69. The van der Waals surface area contributed by atoms with E-state index in [-0.39, 0.29) is 11.7 Å². The average molecular weight is 383 g/mol. The van der Waals surface area contributed by atoms with Gasteiger partial charge >= 0.3 is 0 Å². The number of nitrogens with zero attached hydrogens (tertiary/aromatic N) is 4. The van der Waals surface area contributed by atoms with Crippen molar-refractivity contribution in [3.8, 4) is 11.4 Å². The van der Waals surface area contributed by atoms with E-state index in [2.05, 4.69) is 31.6 Å². The summed E-state index contributed by atoms with van der Waals surface area (Å²) in [5, 5.41) is 16.5. The quantitative estimate of drug-likeness (QED) is 0.488. The third-order valence-corrected chi connectivity index (χ3v) is 5.11. The fourth-order valence-electron chi connectivity index (χ4n) is 2.77. The number of hydrogen-bond acceptors (Lipinski definition) is 7. The molecule has 2 aromatic heterocycles. The first-order valence-electron chi connectivity index (χ1n) is 8.48. The maximum absolute atomic E-state index is 11.0. The fraction of sp³-hybridized carbons (Fsp3) is 0.263. The number of benzene rings is 1. The Balaban J connectivity index is 1.83. The Hall–Kier alpha value is -2.84. The van der Waals surface area contributed by atoms with Crippen molar-refractivity contribution in [1.29, 1.82) is 0 Å². The van der Waals surface area contributed by atoms with Gasteiger partial charge in [-0.2, -0.15) is 0 Å². The summed E-state index contributed by atoms with van der Waals surface area (Å²) in [6.07, 6.45) is 0. The smallest absolute Gasteiger partial charge is 0.270 e. The zero-order chi connectivity index (χ0) is 19.4. The van der Waals surface area contributed by atoms with E-state index in [0.29, 0.717) is 23.8 Å². The lowest BCUT2D eigenvalue weighted by Crippen LogP contribution is -2.26. The van der Waals surface area contributed by atoms with Crippen LogP contribution in [0.1, 0.15) is 16.6 Å². The summed E-state index contributed by atoms with van der Waals surface area (Å²) in [7, 11) is 4.09. The Morgan fingerprint density at radius 3 is 2.70 bits per heavy atom. The highest BCUT2D eigenvalue weighted by atomic mass is 32.1. The second-order valence-electron chi connectivity index (χ2n) is 6.40. The molecule has 2 heterocycles. The van der Waals surface area contributed by atoms with E-state index in [9.17, 15) is 10.1 Å². The molecule has 1 atom stereocenters. The number of thiophene rings is 1. The van der Waals surface area contributed by atoms with E-state index in [1.54, 1.807) is 23.5 Å². The SMILES string of the molecule is Cc1cc(NC[C@H](c2cccs2)N(C)C)nc(-c2cccc([N+](=O)[O-])c2)n1. The Labute approximate surface area is 161 Å². The lowest BCUT2D eigenvalue weighted by Gasteiger charge is -2.24. The van der Waals surface area contributed by atoms with Crippen LogP contribution in [0.5, 0.6) is 0 Å². The molecule has 1 N–H and O–H groups in total. The van der Waals surface area contributed by atoms with Gasteiger partial charge in [0.1, 0.15) is 5.82 Å². The van der Waals surface area contributed by atoms with Crippen LogP contribution < -0.4 is 5.32 Å². The second-order valence-corrected chi connectivity index (χ2v) is 7.38. The average Bonchev–Trinajstić information content (AvgIpc) is 3.15. The van der Waals surface area contributed by atoms with Gasteiger partial charge in [-0.3, -0.25) is 10.1 Å². The van der Waals surface area contributed by atoms with E-state index in [1.165, 1.54) is 17.0 Å². The summed E-state index contributed by atoms with van der Waals surface area (Å²) in [6.45, 7) is 2.58. The van der Waals surface area contributed by atoms with Gasteiger partial charge < -0.3 is 10.2 Å². The minimum absolute atomic E-state index is 0.0254. The zero-order valence-electron chi connectivity index (χ0n) is 15.4. The molecule has 0 saturated carbocycles. The van der Waals surface area contributed by atoms with Crippen molar-refractivity contribution in [3.63, 3.8) is 0 Å². The number of nitrogens with one attached hydrogen (secondary N) is 1. The van der Waals surface area contributed by atoms with Crippen LogP contribution in [-0.2, 0) is 0 Å². The minimum Gasteiger partial charge on any atom is -0.368 e.